The van der Waals surface area contributed by atoms with Gasteiger partial charge < -0.3 is 16.0 Å². The Morgan fingerprint density at radius 2 is 1.71 bits per heavy atom. The van der Waals surface area contributed by atoms with Gasteiger partial charge in [-0.15, -0.1) is 0 Å². The molecule has 4 nitrogen and oxygen atoms in total. The molecule has 4 N–H and O–H groups in total. The van der Waals surface area contributed by atoms with Crippen LogP contribution in [0.4, 0.5) is 15.8 Å². The Bertz CT molecular complexity index is 800. The van der Waals surface area contributed by atoms with Gasteiger partial charge in [0.15, 0.2) is 0 Å². The number of imidazole rings is 1. The number of nitrogens with two attached hydrogens (primary N) is 2. The molecule has 0 saturated heterocycles. The van der Waals surface area contributed by atoms with Gasteiger partial charge in [0.1, 0.15) is 11.6 Å². The first-order valence-corrected chi connectivity index (χ1v) is 6.79. The molecule has 0 atom stereocenters. The Labute approximate surface area is 122 Å². The van der Waals surface area contributed by atoms with Gasteiger partial charge in [-0.25, -0.2) is 9.37 Å². The van der Waals surface area contributed by atoms with Crippen LogP contribution in [0.3, 0.4) is 0 Å². The SMILES string of the molecule is CC(C)n1c(-c2cc(N)cc(N)c2)nc2ccc(F)cc21. The van der Waals surface area contributed by atoms with Crippen LogP contribution in [0.2, 0.25) is 0 Å². The molecule has 0 amide bonds. The summed E-state index contributed by atoms with van der Waals surface area (Å²) in [5, 5.41) is 0. The fourth-order valence-electron chi connectivity index (χ4n) is 2.60. The van der Waals surface area contributed by atoms with Crippen molar-refractivity contribution >= 4 is 22.4 Å². The topological polar surface area (TPSA) is 69.9 Å². The molecule has 0 aliphatic rings. The van der Waals surface area contributed by atoms with E-state index in [0.29, 0.717) is 11.4 Å². The van der Waals surface area contributed by atoms with Crippen molar-refractivity contribution in [2.24, 2.45) is 0 Å². The molecular weight excluding hydrogens is 267 g/mol. The predicted octanol–water partition coefficient (Wildman–Crippen LogP) is 3.59. The van der Waals surface area contributed by atoms with Crippen LogP contribution in [0.25, 0.3) is 22.4 Å². The summed E-state index contributed by atoms with van der Waals surface area (Å²) in [6, 6.07) is 10.1. The Balaban J connectivity index is 2.33. The summed E-state index contributed by atoms with van der Waals surface area (Å²) in [6.07, 6.45) is 0. The molecular formula is C16H17FN4. The Morgan fingerprint density at radius 3 is 2.33 bits per heavy atom. The van der Waals surface area contributed by atoms with Gasteiger partial charge in [0.25, 0.3) is 0 Å². The van der Waals surface area contributed by atoms with Gasteiger partial charge in [-0.3, -0.25) is 0 Å². The van der Waals surface area contributed by atoms with E-state index in [9.17, 15) is 4.39 Å². The van der Waals surface area contributed by atoms with E-state index in [1.54, 1.807) is 12.1 Å². The van der Waals surface area contributed by atoms with Gasteiger partial charge in [-0.1, -0.05) is 0 Å². The van der Waals surface area contributed by atoms with Crippen LogP contribution in [-0.4, -0.2) is 9.55 Å². The maximum absolute atomic E-state index is 13.5. The fourth-order valence-corrected chi connectivity index (χ4v) is 2.60. The van der Waals surface area contributed by atoms with Gasteiger partial charge in [0.05, 0.1) is 11.0 Å². The number of nitrogens with zero attached hydrogens (tertiary/aromatic N) is 2. The number of halogens is 1. The van der Waals surface area contributed by atoms with E-state index in [-0.39, 0.29) is 11.9 Å². The van der Waals surface area contributed by atoms with Crippen molar-refractivity contribution in [1.82, 2.24) is 9.55 Å². The van der Waals surface area contributed by atoms with Gasteiger partial charge in [0.2, 0.25) is 0 Å². The van der Waals surface area contributed by atoms with Crippen molar-refractivity contribution < 1.29 is 4.39 Å². The number of fused-ring (bicyclic) bond motifs is 1. The third-order valence-corrected chi connectivity index (χ3v) is 3.40. The molecule has 0 saturated carbocycles. The quantitative estimate of drug-likeness (QED) is 0.706. The minimum atomic E-state index is -0.275. The molecule has 0 aliphatic heterocycles. The Morgan fingerprint density at radius 1 is 1.05 bits per heavy atom. The fraction of sp³-hybridized carbons (Fsp3) is 0.188. The van der Waals surface area contributed by atoms with Gasteiger partial charge in [0, 0.05) is 23.0 Å². The minimum absolute atomic E-state index is 0.134. The molecule has 0 unspecified atom stereocenters. The van der Waals surface area contributed by atoms with Crippen molar-refractivity contribution in [3.63, 3.8) is 0 Å². The second-order valence-electron chi connectivity index (χ2n) is 5.42. The van der Waals surface area contributed by atoms with Gasteiger partial charge in [-0.05, 0) is 50.2 Å². The monoisotopic (exact) mass is 284 g/mol. The van der Waals surface area contributed by atoms with Crippen LogP contribution >= 0.6 is 0 Å². The van der Waals surface area contributed by atoms with Crippen LogP contribution in [0.15, 0.2) is 36.4 Å². The lowest BCUT2D eigenvalue weighted by molar-refractivity contribution is 0.613. The molecule has 1 aromatic heterocycles. The third kappa shape index (κ3) is 2.31. The highest BCUT2D eigenvalue weighted by atomic mass is 19.1. The van der Waals surface area contributed by atoms with Crippen molar-refractivity contribution in [2.75, 3.05) is 11.5 Å². The molecule has 2 aromatic carbocycles. The normalized spacial score (nSPS) is 11.4. The van der Waals surface area contributed by atoms with Crippen LogP contribution in [0.1, 0.15) is 19.9 Å². The minimum Gasteiger partial charge on any atom is -0.399 e. The Hall–Kier alpha value is -2.56. The van der Waals surface area contributed by atoms with E-state index in [2.05, 4.69) is 4.98 Å². The van der Waals surface area contributed by atoms with Crippen molar-refractivity contribution in [2.45, 2.75) is 19.9 Å². The Kier molecular flexibility index (Phi) is 3.05. The third-order valence-electron chi connectivity index (χ3n) is 3.40. The number of anilines is 2. The van der Waals surface area contributed by atoms with E-state index in [1.807, 2.05) is 30.5 Å². The zero-order valence-electron chi connectivity index (χ0n) is 12.0. The molecule has 21 heavy (non-hydrogen) atoms. The summed E-state index contributed by atoms with van der Waals surface area (Å²) in [5.74, 6) is 0.465. The second-order valence-corrected chi connectivity index (χ2v) is 5.42. The van der Waals surface area contributed by atoms with Gasteiger partial charge in [-0.2, -0.15) is 0 Å². The summed E-state index contributed by atoms with van der Waals surface area (Å²) >= 11 is 0. The number of rotatable bonds is 2. The molecule has 108 valence electrons. The molecule has 0 fully saturated rings. The number of benzene rings is 2. The van der Waals surface area contributed by atoms with Crippen LogP contribution in [0.5, 0.6) is 0 Å². The molecule has 3 aromatic rings. The zero-order chi connectivity index (χ0) is 15.1. The molecule has 0 bridgehead atoms. The highest BCUT2D eigenvalue weighted by Gasteiger charge is 2.16. The summed E-state index contributed by atoms with van der Waals surface area (Å²) in [4.78, 5) is 4.61. The summed E-state index contributed by atoms with van der Waals surface area (Å²) in [7, 11) is 0. The molecule has 0 spiro atoms. The number of aromatic nitrogens is 2. The van der Waals surface area contributed by atoms with E-state index < -0.39 is 0 Å². The highest BCUT2D eigenvalue weighted by Crippen LogP contribution is 2.31. The van der Waals surface area contributed by atoms with Crippen LogP contribution in [0, 0.1) is 5.82 Å². The van der Waals surface area contributed by atoms with Crippen LogP contribution in [-0.2, 0) is 0 Å². The lowest BCUT2D eigenvalue weighted by atomic mass is 10.1. The smallest absolute Gasteiger partial charge is 0.141 e. The van der Waals surface area contributed by atoms with E-state index in [4.69, 9.17) is 11.5 Å². The predicted molar refractivity (Wildman–Crippen MR) is 84.3 cm³/mol. The standard InChI is InChI=1S/C16H17FN4/c1-9(2)21-15-7-11(17)3-4-14(15)20-16(21)10-5-12(18)8-13(19)6-10/h3-9H,18-19H2,1-2H3. The maximum atomic E-state index is 13.5. The average molecular weight is 284 g/mol. The highest BCUT2D eigenvalue weighted by molar-refractivity contribution is 5.82. The molecule has 5 heteroatoms. The van der Waals surface area contributed by atoms with Crippen molar-refractivity contribution in [3.8, 4) is 11.4 Å². The summed E-state index contributed by atoms with van der Waals surface area (Å²) in [5.41, 5.74) is 15.2. The lowest BCUT2D eigenvalue weighted by Gasteiger charge is -2.14. The van der Waals surface area contributed by atoms with E-state index >= 15 is 0 Å². The lowest BCUT2D eigenvalue weighted by Crippen LogP contribution is -2.04. The summed E-state index contributed by atoms with van der Waals surface area (Å²) < 4.78 is 15.5. The number of nitrogen functional groups attached to an aromatic ring is 2. The average Bonchev–Trinajstić information content (AvgIpc) is 2.76. The number of hydrogen-bond donors (Lipinski definition) is 2. The number of hydrogen-bond acceptors (Lipinski definition) is 3. The molecule has 0 radical (unpaired) electrons. The zero-order valence-corrected chi connectivity index (χ0v) is 12.0. The van der Waals surface area contributed by atoms with E-state index in [1.165, 1.54) is 12.1 Å². The molecule has 1 heterocycles. The van der Waals surface area contributed by atoms with Crippen molar-refractivity contribution in [3.05, 3.63) is 42.2 Å². The maximum Gasteiger partial charge on any atom is 0.141 e. The second kappa shape index (κ2) is 4.77. The first-order valence-electron chi connectivity index (χ1n) is 6.79. The van der Waals surface area contributed by atoms with E-state index in [0.717, 1.165) is 22.4 Å². The largest absolute Gasteiger partial charge is 0.399 e. The van der Waals surface area contributed by atoms with Gasteiger partial charge >= 0.3 is 0 Å². The summed E-state index contributed by atoms with van der Waals surface area (Å²) in [6.45, 7) is 4.07. The van der Waals surface area contributed by atoms with Crippen molar-refractivity contribution in [1.29, 1.82) is 0 Å². The first kappa shape index (κ1) is 13.4. The molecule has 3 rings (SSSR count). The van der Waals surface area contributed by atoms with Crippen LogP contribution < -0.4 is 11.5 Å². The first-order chi connectivity index (χ1) is 9.95. The molecule has 0 aliphatic carbocycles.